The van der Waals surface area contributed by atoms with Crippen molar-refractivity contribution in [2.24, 2.45) is 17.8 Å². The van der Waals surface area contributed by atoms with Crippen LogP contribution in [0, 0.1) is 17.8 Å². The van der Waals surface area contributed by atoms with E-state index >= 15 is 0 Å². The topological polar surface area (TPSA) is 237 Å². The summed E-state index contributed by atoms with van der Waals surface area (Å²) in [5.74, 6) is 0.297. The SMILES string of the molecule is CCCCCCCCCCCCC(=O)OC[C@H](COP(=O)(O)OC[C@H](O)COP(=O)(O)OC[C@@H](COC(=O)CCCCCCCCCCCCCCCCC(C)CC)OC(=O)CCCCCCCCCCCCCCCCC(C)CC)OC(=O)CCCCCCCCC(C)CC. The van der Waals surface area contributed by atoms with E-state index in [1.54, 1.807) is 0 Å². The van der Waals surface area contributed by atoms with Crippen LogP contribution in [0.1, 0.15) is 395 Å². The van der Waals surface area contributed by atoms with Crippen molar-refractivity contribution in [3.05, 3.63) is 0 Å². The molecule has 0 aliphatic heterocycles. The molecule has 0 saturated heterocycles. The molecule has 0 fully saturated rings. The van der Waals surface area contributed by atoms with E-state index in [-0.39, 0.29) is 25.7 Å². The lowest BCUT2D eigenvalue weighted by molar-refractivity contribution is -0.161. The van der Waals surface area contributed by atoms with Gasteiger partial charge in [-0.1, -0.05) is 344 Å². The van der Waals surface area contributed by atoms with Gasteiger partial charge in [-0.25, -0.2) is 9.13 Å². The molecule has 8 atom stereocenters. The van der Waals surface area contributed by atoms with Crippen LogP contribution in [0.25, 0.3) is 0 Å². The van der Waals surface area contributed by atoms with E-state index in [9.17, 15) is 43.2 Å². The third kappa shape index (κ3) is 66.6. The van der Waals surface area contributed by atoms with E-state index in [4.69, 9.17) is 37.0 Å². The largest absolute Gasteiger partial charge is 0.472 e. The summed E-state index contributed by atoms with van der Waals surface area (Å²) in [7, 11) is -9.91. The molecule has 0 rings (SSSR count). The fourth-order valence-electron chi connectivity index (χ4n) is 11.7. The van der Waals surface area contributed by atoms with Crippen LogP contribution < -0.4 is 0 Å². The molecular weight excluding hydrogens is 1260 g/mol. The molecule has 0 amide bonds. The van der Waals surface area contributed by atoms with Crippen LogP contribution in [0.2, 0.25) is 0 Å². The highest BCUT2D eigenvalue weighted by atomic mass is 31.2. The van der Waals surface area contributed by atoms with Gasteiger partial charge in [-0.05, 0) is 43.4 Å². The first kappa shape index (κ1) is 94.1. The molecule has 0 heterocycles. The van der Waals surface area contributed by atoms with E-state index in [1.165, 1.54) is 205 Å². The molecule has 0 aliphatic rings. The Kier molecular flexibility index (Phi) is 66.2. The Bertz CT molecular complexity index is 1880. The zero-order valence-electron chi connectivity index (χ0n) is 62.8. The van der Waals surface area contributed by atoms with Crippen molar-refractivity contribution in [3.63, 3.8) is 0 Å². The zero-order valence-corrected chi connectivity index (χ0v) is 64.6. The fraction of sp³-hybridized carbons (Fsp3) is 0.948. The number of carbonyl (C=O) groups excluding carboxylic acids is 4. The smallest absolute Gasteiger partial charge is 0.462 e. The van der Waals surface area contributed by atoms with Crippen molar-refractivity contribution in [1.82, 2.24) is 0 Å². The number of phosphoric acid groups is 2. The van der Waals surface area contributed by atoms with E-state index in [0.717, 1.165) is 108 Å². The van der Waals surface area contributed by atoms with Crippen LogP contribution in [-0.2, 0) is 65.4 Å². The van der Waals surface area contributed by atoms with Gasteiger partial charge in [0, 0.05) is 25.7 Å². The normalized spacial score (nSPS) is 14.9. The van der Waals surface area contributed by atoms with Crippen molar-refractivity contribution in [1.29, 1.82) is 0 Å². The molecule has 0 saturated carbocycles. The Hall–Kier alpha value is -1.94. The average Bonchev–Trinajstić information content (AvgIpc) is 1.19. The van der Waals surface area contributed by atoms with Crippen LogP contribution in [-0.4, -0.2) is 96.7 Å². The maximum Gasteiger partial charge on any atom is 0.472 e. The number of hydrogen-bond donors (Lipinski definition) is 3. The highest BCUT2D eigenvalue weighted by Gasteiger charge is 2.30. The van der Waals surface area contributed by atoms with Crippen molar-refractivity contribution in [3.8, 4) is 0 Å². The van der Waals surface area contributed by atoms with Gasteiger partial charge in [0.2, 0.25) is 0 Å². The molecule has 0 aliphatic carbocycles. The van der Waals surface area contributed by atoms with Gasteiger partial charge in [-0.3, -0.25) is 37.3 Å². The molecule has 0 aromatic rings. The van der Waals surface area contributed by atoms with Gasteiger partial charge in [0.05, 0.1) is 26.4 Å². The van der Waals surface area contributed by atoms with Crippen molar-refractivity contribution < 1.29 is 80.2 Å². The molecule has 19 heteroatoms. The number of rotatable bonds is 75. The second-order valence-electron chi connectivity index (χ2n) is 28.5. The van der Waals surface area contributed by atoms with Crippen LogP contribution in [0.3, 0.4) is 0 Å². The van der Waals surface area contributed by atoms with Gasteiger partial charge >= 0.3 is 39.5 Å². The maximum absolute atomic E-state index is 13.1. The molecule has 0 spiro atoms. The predicted octanol–water partition coefficient (Wildman–Crippen LogP) is 22.6. The Balaban J connectivity index is 5.23. The summed E-state index contributed by atoms with van der Waals surface area (Å²) in [5, 5.41) is 10.6. The van der Waals surface area contributed by atoms with Crippen LogP contribution in [0.5, 0.6) is 0 Å². The Morgan fingerprint density at radius 1 is 0.292 bits per heavy atom. The molecule has 570 valence electrons. The second-order valence-corrected chi connectivity index (χ2v) is 31.4. The second kappa shape index (κ2) is 67.5. The third-order valence-electron chi connectivity index (χ3n) is 19.0. The van der Waals surface area contributed by atoms with Crippen molar-refractivity contribution in [2.45, 2.75) is 414 Å². The van der Waals surface area contributed by atoms with E-state index in [0.29, 0.717) is 25.7 Å². The average molecular weight is 1410 g/mol. The molecule has 5 unspecified atom stereocenters. The van der Waals surface area contributed by atoms with E-state index in [2.05, 4.69) is 48.5 Å². The maximum atomic E-state index is 13.1. The highest BCUT2D eigenvalue weighted by Crippen LogP contribution is 2.45. The Labute approximate surface area is 588 Å². The number of phosphoric ester groups is 2. The highest BCUT2D eigenvalue weighted by molar-refractivity contribution is 7.47. The van der Waals surface area contributed by atoms with E-state index in [1.807, 2.05) is 0 Å². The lowest BCUT2D eigenvalue weighted by atomic mass is 9.99. The monoisotopic (exact) mass is 1410 g/mol. The number of unbranched alkanes of at least 4 members (excludes halogenated alkanes) is 40. The summed E-state index contributed by atoms with van der Waals surface area (Å²) in [6, 6.07) is 0. The zero-order chi connectivity index (χ0) is 70.9. The number of aliphatic hydroxyl groups excluding tert-OH is 1. The van der Waals surface area contributed by atoms with Crippen LogP contribution >= 0.6 is 15.6 Å². The first-order chi connectivity index (χ1) is 46.3. The summed E-state index contributed by atoms with van der Waals surface area (Å²) in [5.41, 5.74) is 0. The van der Waals surface area contributed by atoms with Gasteiger partial charge in [0.25, 0.3) is 0 Å². The lowest BCUT2D eigenvalue weighted by Gasteiger charge is -2.21. The first-order valence-electron chi connectivity index (χ1n) is 40.0. The summed E-state index contributed by atoms with van der Waals surface area (Å²) in [4.78, 5) is 72.8. The van der Waals surface area contributed by atoms with Gasteiger partial charge in [0.15, 0.2) is 12.2 Å². The first-order valence-corrected chi connectivity index (χ1v) is 43.0. The summed E-state index contributed by atoms with van der Waals surface area (Å²) in [6.45, 7) is 12.0. The third-order valence-corrected chi connectivity index (χ3v) is 20.9. The van der Waals surface area contributed by atoms with Gasteiger partial charge < -0.3 is 33.8 Å². The minimum atomic E-state index is -4.96. The number of carbonyl (C=O) groups is 4. The molecule has 17 nitrogen and oxygen atoms in total. The van der Waals surface area contributed by atoms with E-state index < -0.39 is 97.5 Å². The fourth-order valence-corrected chi connectivity index (χ4v) is 13.3. The van der Waals surface area contributed by atoms with Gasteiger partial charge in [0.1, 0.15) is 19.3 Å². The molecule has 96 heavy (non-hydrogen) atoms. The quantitative estimate of drug-likeness (QED) is 0.0222. The minimum absolute atomic E-state index is 0.103. The number of aliphatic hydroxyl groups is 1. The Morgan fingerprint density at radius 2 is 0.500 bits per heavy atom. The van der Waals surface area contributed by atoms with Crippen molar-refractivity contribution >= 4 is 39.5 Å². The lowest BCUT2D eigenvalue weighted by Crippen LogP contribution is -2.30. The number of ether oxygens (including phenoxy) is 4. The molecular formula is C77H150O17P2. The molecule has 0 bridgehead atoms. The number of esters is 4. The predicted molar refractivity (Wildman–Crippen MR) is 391 cm³/mol. The molecule has 0 radical (unpaired) electrons. The Morgan fingerprint density at radius 3 is 0.740 bits per heavy atom. The molecule has 0 aromatic carbocycles. The molecule has 3 N–H and O–H groups in total. The van der Waals surface area contributed by atoms with Gasteiger partial charge in [-0.2, -0.15) is 0 Å². The summed E-state index contributed by atoms with van der Waals surface area (Å²) < 4.78 is 68.5. The molecule has 0 aromatic heterocycles. The minimum Gasteiger partial charge on any atom is -0.462 e. The standard InChI is InChI=1S/C77H150O17P2/c1-8-12-13-14-15-16-31-36-44-51-58-74(79)88-65-73(94-77(82)61-54-47-40-39-43-50-57-70(7)11-4)67-92-96(85,86)90-63-71(78)62-89-95(83,84)91-66-72(93-76(81)60-53-46-38-33-28-24-20-18-22-26-30-35-42-49-56-69(6)10-3)64-87-75(80)59-52-45-37-32-27-23-19-17-21-25-29-34-41-48-55-68(5)9-2/h68-73,78H,8-67H2,1-7H3,(H,83,84)(H,85,86)/t68?,69?,70?,71-,72-,73-/m1/s1. The van der Waals surface area contributed by atoms with Crippen molar-refractivity contribution in [2.75, 3.05) is 39.6 Å². The van der Waals surface area contributed by atoms with Crippen LogP contribution in [0.4, 0.5) is 0 Å². The van der Waals surface area contributed by atoms with Crippen LogP contribution in [0.15, 0.2) is 0 Å². The summed E-state index contributed by atoms with van der Waals surface area (Å²) in [6.07, 6.45) is 54.0. The van der Waals surface area contributed by atoms with Gasteiger partial charge in [-0.15, -0.1) is 0 Å². The summed E-state index contributed by atoms with van der Waals surface area (Å²) >= 11 is 0. The number of hydrogen-bond acceptors (Lipinski definition) is 15.